The van der Waals surface area contributed by atoms with Crippen LogP contribution in [-0.4, -0.2) is 37.0 Å². The van der Waals surface area contributed by atoms with Crippen molar-refractivity contribution < 1.29 is 12.9 Å². The zero-order valence-corrected chi connectivity index (χ0v) is 11.5. The Kier molecular flexibility index (Phi) is 3.76. The molecule has 1 N–H and O–H groups in total. The monoisotopic (exact) mass is 288 g/mol. The Hall–Kier alpha value is -1.29. The van der Waals surface area contributed by atoms with Gasteiger partial charge in [0.05, 0.1) is 11.4 Å². The summed E-state index contributed by atoms with van der Waals surface area (Å²) >= 11 is 1.47. The molecule has 98 valence electrons. The van der Waals surface area contributed by atoms with Gasteiger partial charge in [-0.25, -0.2) is 0 Å². The molecule has 2 aromatic heterocycles. The summed E-state index contributed by atoms with van der Waals surface area (Å²) in [5.41, 5.74) is 0. The molecule has 7 nitrogen and oxygen atoms in total. The molecular formula is C9H12N4O3S2. The fourth-order valence-electron chi connectivity index (χ4n) is 1.11. The predicted molar refractivity (Wildman–Crippen MR) is 67.1 cm³/mol. The van der Waals surface area contributed by atoms with Crippen LogP contribution in [-0.2, 0) is 16.8 Å². The van der Waals surface area contributed by atoms with Gasteiger partial charge in [-0.1, -0.05) is 11.2 Å². The van der Waals surface area contributed by atoms with Gasteiger partial charge in [-0.05, 0) is 11.4 Å². The van der Waals surface area contributed by atoms with Crippen molar-refractivity contribution in [2.45, 2.75) is 6.54 Å². The molecule has 0 fully saturated rings. The minimum atomic E-state index is -3.48. The van der Waals surface area contributed by atoms with E-state index in [9.17, 15) is 8.42 Å². The van der Waals surface area contributed by atoms with Crippen LogP contribution in [0.3, 0.4) is 0 Å². The largest absolute Gasteiger partial charge is 0.333 e. The molecule has 9 heteroatoms. The molecular weight excluding hydrogens is 276 g/mol. The molecule has 0 aliphatic carbocycles. The summed E-state index contributed by atoms with van der Waals surface area (Å²) in [6, 6.07) is 3.73. The maximum absolute atomic E-state index is 11.5. The summed E-state index contributed by atoms with van der Waals surface area (Å²) in [7, 11) is -0.596. The first-order valence-corrected chi connectivity index (χ1v) is 7.34. The number of hydrogen-bond acceptors (Lipinski definition) is 6. The highest BCUT2D eigenvalue weighted by Gasteiger charge is 2.15. The summed E-state index contributed by atoms with van der Waals surface area (Å²) in [4.78, 5) is 4.95. The number of thiophene rings is 1. The van der Waals surface area contributed by atoms with Crippen LogP contribution in [0.1, 0.15) is 5.82 Å². The highest BCUT2D eigenvalue weighted by atomic mass is 32.2. The molecule has 0 atom stereocenters. The van der Waals surface area contributed by atoms with Gasteiger partial charge in [0, 0.05) is 14.1 Å². The second-order valence-corrected chi connectivity index (χ2v) is 6.52. The number of nitrogens with zero attached hydrogens (tertiary/aromatic N) is 3. The van der Waals surface area contributed by atoms with Gasteiger partial charge in [-0.3, -0.25) is 0 Å². The van der Waals surface area contributed by atoms with Crippen LogP contribution < -0.4 is 4.72 Å². The van der Waals surface area contributed by atoms with Crippen LogP contribution in [0.2, 0.25) is 0 Å². The average molecular weight is 288 g/mol. The lowest BCUT2D eigenvalue weighted by Gasteiger charge is -2.10. The van der Waals surface area contributed by atoms with Gasteiger partial charge in [0.1, 0.15) is 0 Å². The first-order chi connectivity index (χ1) is 8.49. The molecule has 0 radical (unpaired) electrons. The van der Waals surface area contributed by atoms with Crippen LogP contribution in [0.15, 0.2) is 22.0 Å². The normalized spacial score (nSPS) is 12.2. The molecule has 0 saturated carbocycles. The van der Waals surface area contributed by atoms with Crippen LogP contribution in [0.5, 0.6) is 0 Å². The Labute approximate surface area is 109 Å². The standard InChI is InChI=1S/C9H12N4O3S2/c1-13(2)18(14,15)10-6-8-11-9(16-12-8)7-4-3-5-17-7/h3-5,10H,6H2,1-2H3. The van der Waals surface area contributed by atoms with E-state index in [-0.39, 0.29) is 6.54 Å². The fraction of sp³-hybridized carbons (Fsp3) is 0.333. The minimum absolute atomic E-state index is 0.00457. The molecule has 0 aliphatic rings. The summed E-state index contributed by atoms with van der Waals surface area (Å²) in [5, 5.41) is 5.61. The lowest BCUT2D eigenvalue weighted by atomic mass is 10.5. The average Bonchev–Trinajstić information content (AvgIpc) is 2.97. The van der Waals surface area contributed by atoms with Crippen molar-refractivity contribution in [2.75, 3.05) is 14.1 Å². The zero-order chi connectivity index (χ0) is 13.2. The third-order valence-corrected chi connectivity index (χ3v) is 4.42. The van der Waals surface area contributed by atoms with Crippen LogP contribution in [0, 0.1) is 0 Å². The van der Waals surface area contributed by atoms with Gasteiger partial charge in [0.2, 0.25) is 0 Å². The van der Waals surface area contributed by atoms with E-state index in [0.29, 0.717) is 11.7 Å². The second kappa shape index (κ2) is 5.14. The summed E-state index contributed by atoms with van der Waals surface area (Å²) in [6.07, 6.45) is 0. The lowest BCUT2D eigenvalue weighted by Crippen LogP contribution is -2.35. The number of hydrogen-bond donors (Lipinski definition) is 1. The first kappa shape index (κ1) is 13.1. The van der Waals surface area contributed by atoms with E-state index < -0.39 is 10.2 Å². The topological polar surface area (TPSA) is 88.3 Å². The Balaban J connectivity index is 2.04. The fourth-order valence-corrected chi connectivity index (χ4v) is 2.33. The molecule has 2 rings (SSSR count). The Bertz CT molecular complexity index is 604. The van der Waals surface area contributed by atoms with Crippen LogP contribution >= 0.6 is 11.3 Å². The number of nitrogens with one attached hydrogen (secondary N) is 1. The van der Waals surface area contributed by atoms with Crippen molar-refractivity contribution in [3.63, 3.8) is 0 Å². The first-order valence-electron chi connectivity index (χ1n) is 5.02. The van der Waals surface area contributed by atoms with E-state index in [1.807, 2.05) is 17.5 Å². The quantitative estimate of drug-likeness (QED) is 0.874. The Morgan fingerprint density at radius 1 is 1.50 bits per heavy atom. The maximum atomic E-state index is 11.5. The highest BCUT2D eigenvalue weighted by Crippen LogP contribution is 2.22. The molecule has 0 unspecified atom stereocenters. The van der Waals surface area contributed by atoms with Gasteiger partial charge in [0.15, 0.2) is 5.82 Å². The number of aromatic nitrogens is 2. The Morgan fingerprint density at radius 3 is 2.89 bits per heavy atom. The number of rotatable bonds is 5. The van der Waals surface area contributed by atoms with E-state index >= 15 is 0 Å². The van der Waals surface area contributed by atoms with Gasteiger partial charge in [0.25, 0.3) is 16.1 Å². The van der Waals surface area contributed by atoms with Gasteiger partial charge < -0.3 is 4.52 Å². The van der Waals surface area contributed by atoms with E-state index in [2.05, 4.69) is 14.9 Å². The van der Waals surface area contributed by atoms with Crippen molar-refractivity contribution in [2.24, 2.45) is 0 Å². The second-order valence-electron chi connectivity index (χ2n) is 3.60. The molecule has 0 spiro atoms. The SMILES string of the molecule is CN(C)S(=O)(=O)NCc1noc(-c2cccs2)n1. The van der Waals surface area contributed by atoms with Crippen molar-refractivity contribution in [3.05, 3.63) is 23.3 Å². The zero-order valence-electron chi connectivity index (χ0n) is 9.82. The third-order valence-electron chi connectivity index (χ3n) is 2.09. The highest BCUT2D eigenvalue weighted by molar-refractivity contribution is 7.87. The van der Waals surface area contributed by atoms with E-state index in [1.165, 1.54) is 25.4 Å². The summed E-state index contributed by atoms with van der Waals surface area (Å²) in [5.74, 6) is 0.688. The molecule has 2 aromatic rings. The van der Waals surface area contributed by atoms with Crippen molar-refractivity contribution in [1.29, 1.82) is 0 Å². The molecule has 18 heavy (non-hydrogen) atoms. The predicted octanol–water partition coefficient (Wildman–Crippen LogP) is 0.694. The maximum Gasteiger partial charge on any atom is 0.279 e. The molecule has 2 heterocycles. The van der Waals surface area contributed by atoms with Crippen molar-refractivity contribution in [1.82, 2.24) is 19.2 Å². The van der Waals surface area contributed by atoms with Gasteiger partial charge in [-0.15, -0.1) is 11.3 Å². The van der Waals surface area contributed by atoms with Crippen molar-refractivity contribution in [3.8, 4) is 10.8 Å². The molecule has 0 aliphatic heterocycles. The van der Waals surface area contributed by atoms with E-state index in [1.54, 1.807) is 0 Å². The van der Waals surface area contributed by atoms with Gasteiger partial charge in [-0.2, -0.15) is 22.4 Å². The van der Waals surface area contributed by atoms with E-state index in [0.717, 1.165) is 9.18 Å². The Morgan fingerprint density at radius 2 is 2.28 bits per heavy atom. The summed E-state index contributed by atoms with van der Waals surface area (Å²) < 4.78 is 31.4. The smallest absolute Gasteiger partial charge is 0.279 e. The summed E-state index contributed by atoms with van der Waals surface area (Å²) in [6.45, 7) is -0.00457. The van der Waals surface area contributed by atoms with Crippen LogP contribution in [0.25, 0.3) is 10.8 Å². The van der Waals surface area contributed by atoms with E-state index in [4.69, 9.17) is 4.52 Å². The van der Waals surface area contributed by atoms with Crippen molar-refractivity contribution >= 4 is 21.5 Å². The lowest BCUT2D eigenvalue weighted by molar-refractivity contribution is 0.421. The minimum Gasteiger partial charge on any atom is -0.333 e. The molecule has 0 amide bonds. The third kappa shape index (κ3) is 2.93. The molecule has 0 aromatic carbocycles. The van der Waals surface area contributed by atoms with Gasteiger partial charge >= 0.3 is 0 Å². The molecule has 0 bridgehead atoms. The van der Waals surface area contributed by atoms with Crippen LogP contribution in [0.4, 0.5) is 0 Å². The molecule has 0 saturated heterocycles.